The molecule has 8 heteroatoms. The SMILES string of the molecule is Cc1c(Cl)cccc1NC(=O)CNC(=O)C(NC(=O)Nc1ccccc1)C(C)C. The number of urea groups is 1. The monoisotopic (exact) mass is 416 g/mol. The number of hydrogen-bond acceptors (Lipinski definition) is 3. The number of para-hydroxylation sites is 1. The van der Waals surface area contributed by atoms with Crippen LogP contribution < -0.4 is 21.3 Å². The van der Waals surface area contributed by atoms with E-state index in [1.165, 1.54) is 0 Å². The molecule has 29 heavy (non-hydrogen) atoms. The Bertz CT molecular complexity index is 871. The van der Waals surface area contributed by atoms with Gasteiger partial charge in [0.05, 0.1) is 6.54 Å². The Balaban J connectivity index is 1.89. The zero-order valence-electron chi connectivity index (χ0n) is 16.6. The minimum absolute atomic E-state index is 0.172. The van der Waals surface area contributed by atoms with Crippen molar-refractivity contribution in [2.45, 2.75) is 26.8 Å². The Morgan fingerprint density at radius 3 is 2.31 bits per heavy atom. The molecule has 0 aliphatic rings. The van der Waals surface area contributed by atoms with Gasteiger partial charge in [0.25, 0.3) is 0 Å². The van der Waals surface area contributed by atoms with Crippen LogP contribution in [-0.4, -0.2) is 30.4 Å². The van der Waals surface area contributed by atoms with Gasteiger partial charge in [-0.05, 0) is 42.7 Å². The van der Waals surface area contributed by atoms with Gasteiger partial charge in [-0.3, -0.25) is 9.59 Å². The normalized spacial score (nSPS) is 11.5. The zero-order chi connectivity index (χ0) is 21.4. The first-order chi connectivity index (χ1) is 13.8. The summed E-state index contributed by atoms with van der Waals surface area (Å²) >= 11 is 6.04. The number of benzene rings is 2. The highest BCUT2D eigenvalue weighted by Gasteiger charge is 2.24. The number of hydrogen-bond donors (Lipinski definition) is 4. The van der Waals surface area contributed by atoms with E-state index in [0.29, 0.717) is 16.4 Å². The second-order valence-electron chi connectivity index (χ2n) is 6.86. The van der Waals surface area contributed by atoms with Crippen LogP contribution in [0.5, 0.6) is 0 Å². The molecule has 2 aromatic carbocycles. The number of anilines is 2. The molecule has 4 N–H and O–H groups in total. The van der Waals surface area contributed by atoms with Crippen LogP contribution in [0, 0.1) is 12.8 Å². The van der Waals surface area contributed by atoms with E-state index in [9.17, 15) is 14.4 Å². The second-order valence-corrected chi connectivity index (χ2v) is 7.27. The van der Waals surface area contributed by atoms with Gasteiger partial charge in [-0.15, -0.1) is 0 Å². The lowest BCUT2D eigenvalue weighted by Gasteiger charge is -2.22. The van der Waals surface area contributed by atoms with Crippen LogP contribution in [-0.2, 0) is 9.59 Å². The molecule has 0 aliphatic carbocycles. The topological polar surface area (TPSA) is 99.3 Å². The van der Waals surface area contributed by atoms with Gasteiger partial charge in [-0.2, -0.15) is 0 Å². The lowest BCUT2D eigenvalue weighted by molar-refractivity contribution is -0.126. The van der Waals surface area contributed by atoms with Gasteiger partial charge in [0.15, 0.2) is 0 Å². The summed E-state index contributed by atoms with van der Waals surface area (Å²) < 4.78 is 0. The maximum atomic E-state index is 12.5. The van der Waals surface area contributed by atoms with Crippen molar-refractivity contribution in [2.75, 3.05) is 17.2 Å². The number of carbonyl (C=O) groups is 3. The summed E-state index contributed by atoms with van der Waals surface area (Å²) in [6, 6.07) is 12.8. The Labute approximate surface area is 175 Å². The van der Waals surface area contributed by atoms with E-state index in [2.05, 4.69) is 21.3 Å². The average molecular weight is 417 g/mol. The van der Waals surface area contributed by atoms with Crippen molar-refractivity contribution in [3.63, 3.8) is 0 Å². The molecule has 7 nitrogen and oxygen atoms in total. The largest absolute Gasteiger partial charge is 0.345 e. The van der Waals surface area contributed by atoms with Gasteiger partial charge >= 0.3 is 6.03 Å². The van der Waals surface area contributed by atoms with Crippen molar-refractivity contribution in [3.05, 3.63) is 59.1 Å². The maximum Gasteiger partial charge on any atom is 0.319 e. The molecule has 1 unspecified atom stereocenters. The van der Waals surface area contributed by atoms with Gasteiger partial charge in [-0.25, -0.2) is 4.79 Å². The molecule has 0 spiro atoms. The molecule has 4 amide bonds. The number of amides is 4. The van der Waals surface area contributed by atoms with E-state index in [1.54, 1.807) is 49.4 Å². The van der Waals surface area contributed by atoms with Crippen LogP contribution in [0.3, 0.4) is 0 Å². The summed E-state index contributed by atoms with van der Waals surface area (Å²) in [5.41, 5.74) is 1.94. The van der Waals surface area contributed by atoms with Crippen molar-refractivity contribution in [3.8, 4) is 0 Å². The lowest BCUT2D eigenvalue weighted by atomic mass is 10.0. The third-order valence-electron chi connectivity index (χ3n) is 4.23. The van der Waals surface area contributed by atoms with Crippen LogP contribution in [0.25, 0.3) is 0 Å². The number of nitrogens with one attached hydrogen (secondary N) is 4. The van der Waals surface area contributed by atoms with E-state index in [-0.39, 0.29) is 18.4 Å². The Morgan fingerprint density at radius 1 is 0.966 bits per heavy atom. The summed E-state index contributed by atoms with van der Waals surface area (Å²) in [6.45, 7) is 5.18. The fourth-order valence-corrected chi connectivity index (χ4v) is 2.75. The molecular weight excluding hydrogens is 392 g/mol. The van der Waals surface area contributed by atoms with Gasteiger partial charge in [0, 0.05) is 16.4 Å². The molecule has 0 radical (unpaired) electrons. The van der Waals surface area contributed by atoms with Crippen molar-refractivity contribution in [1.29, 1.82) is 0 Å². The summed E-state index contributed by atoms with van der Waals surface area (Å²) in [6.07, 6.45) is 0. The number of halogens is 1. The Hall–Kier alpha value is -3.06. The first-order valence-electron chi connectivity index (χ1n) is 9.23. The van der Waals surface area contributed by atoms with Gasteiger partial charge in [0.1, 0.15) is 6.04 Å². The van der Waals surface area contributed by atoms with Crippen LogP contribution >= 0.6 is 11.6 Å². The molecule has 0 saturated carbocycles. The van der Waals surface area contributed by atoms with Crippen molar-refractivity contribution < 1.29 is 14.4 Å². The lowest BCUT2D eigenvalue weighted by Crippen LogP contribution is -2.52. The third kappa shape index (κ3) is 6.80. The smallest absolute Gasteiger partial charge is 0.319 e. The molecule has 2 aromatic rings. The number of carbonyl (C=O) groups excluding carboxylic acids is 3. The van der Waals surface area contributed by atoms with Gasteiger partial charge in [-0.1, -0.05) is 49.7 Å². The van der Waals surface area contributed by atoms with Gasteiger partial charge < -0.3 is 21.3 Å². The summed E-state index contributed by atoms with van der Waals surface area (Å²) in [4.78, 5) is 36.8. The molecule has 1 atom stereocenters. The Morgan fingerprint density at radius 2 is 1.66 bits per heavy atom. The van der Waals surface area contributed by atoms with E-state index in [4.69, 9.17) is 11.6 Å². The minimum Gasteiger partial charge on any atom is -0.345 e. The fraction of sp³-hybridized carbons (Fsp3) is 0.286. The van der Waals surface area contributed by atoms with Crippen molar-refractivity contribution in [1.82, 2.24) is 10.6 Å². The van der Waals surface area contributed by atoms with Crippen LogP contribution in [0.1, 0.15) is 19.4 Å². The highest BCUT2D eigenvalue weighted by molar-refractivity contribution is 6.31. The molecule has 154 valence electrons. The molecule has 0 saturated heterocycles. The summed E-state index contributed by atoms with van der Waals surface area (Å²) in [5.74, 6) is -1.00. The highest BCUT2D eigenvalue weighted by Crippen LogP contribution is 2.22. The zero-order valence-corrected chi connectivity index (χ0v) is 17.3. The second kappa shape index (κ2) is 10.5. The summed E-state index contributed by atoms with van der Waals surface area (Å²) in [7, 11) is 0. The first kappa shape index (κ1) is 22.2. The molecule has 0 aromatic heterocycles. The van der Waals surface area contributed by atoms with E-state index < -0.39 is 18.0 Å². The molecule has 0 bridgehead atoms. The Kier molecular flexibility index (Phi) is 8.03. The predicted molar refractivity (Wildman–Crippen MR) is 115 cm³/mol. The molecular formula is C21H25ClN4O3. The molecule has 2 rings (SSSR count). The summed E-state index contributed by atoms with van der Waals surface area (Å²) in [5, 5.41) is 11.1. The maximum absolute atomic E-state index is 12.5. The van der Waals surface area contributed by atoms with Crippen molar-refractivity contribution >= 4 is 40.8 Å². The van der Waals surface area contributed by atoms with Crippen molar-refractivity contribution in [2.24, 2.45) is 5.92 Å². The predicted octanol–water partition coefficient (Wildman–Crippen LogP) is 3.55. The van der Waals surface area contributed by atoms with E-state index >= 15 is 0 Å². The first-order valence-corrected chi connectivity index (χ1v) is 9.61. The van der Waals surface area contributed by atoms with E-state index in [1.807, 2.05) is 19.9 Å². The third-order valence-corrected chi connectivity index (χ3v) is 4.64. The van der Waals surface area contributed by atoms with Crippen LogP contribution in [0.2, 0.25) is 5.02 Å². The minimum atomic E-state index is -0.792. The number of rotatable bonds is 7. The molecule has 0 aliphatic heterocycles. The average Bonchev–Trinajstić information content (AvgIpc) is 2.68. The van der Waals surface area contributed by atoms with Gasteiger partial charge in [0.2, 0.25) is 11.8 Å². The fourth-order valence-electron chi connectivity index (χ4n) is 2.58. The standard InChI is InChI=1S/C21H25ClN4O3/c1-13(2)19(26-21(29)24-15-8-5-4-6-9-15)20(28)23-12-18(27)25-17-11-7-10-16(22)14(17)3/h4-11,13,19H,12H2,1-3H3,(H,23,28)(H,25,27)(H2,24,26,29). The molecule has 0 fully saturated rings. The van der Waals surface area contributed by atoms with E-state index in [0.717, 1.165) is 5.56 Å². The quantitative estimate of drug-likeness (QED) is 0.555. The highest BCUT2D eigenvalue weighted by atomic mass is 35.5. The molecule has 0 heterocycles. The van der Waals surface area contributed by atoms with Crippen LogP contribution in [0.15, 0.2) is 48.5 Å². The van der Waals surface area contributed by atoms with Crippen LogP contribution in [0.4, 0.5) is 16.2 Å².